The fourth-order valence-electron chi connectivity index (χ4n) is 3.40. The van der Waals surface area contributed by atoms with Gasteiger partial charge in [0.1, 0.15) is 6.10 Å². The van der Waals surface area contributed by atoms with Gasteiger partial charge in [-0.2, -0.15) is 0 Å². The van der Waals surface area contributed by atoms with Crippen molar-refractivity contribution >= 4 is 11.8 Å². The van der Waals surface area contributed by atoms with Crippen molar-refractivity contribution in [1.82, 2.24) is 15.0 Å². The molecule has 0 radical (unpaired) electrons. The SMILES string of the molecule is CC(C)Cc1cc(C(=O)N2CCCN(C(=O)[C@H]3CCCO3)CC2)on1. The Bertz CT molecular complexity index is 607. The van der Waals surface area contributed by atoms with Crippen LogP contribution in [0.4, 0.5) is 0 Å². The van der Waals surface area contributed by atoms with E-state index in [-0.39, 0.29) is 23.7 Å². The molecule has 0 aliphatic carbocycles. The number of hydrogen-bond donors (Lipinski definition) is 0. The van der Waals surface area contributed by atoms with Gasteiger partial charge in [-0.25, -0.2) is 0 Å². The number of hydrogen-bond acceptors (Lipinski definition) is 5. The molecule has 0 aromatic carbocycles. The molecule has 1 atom stereocenters. The summed E-state index contributed by atoms with van der Waals surface area (Å²) in [7, 11) is 0. The Balaban J connectivity index is 1.57. The van der Waals surface area contributed by atoms with Crippen LogP contribution in [-0.4, -0.2) is 65.7 Å². The third-order valence-electron chi connectivity index (χ3n) is 4.69. The Hall–Kier alpha value is -1.89. The molecule has 3 heterocycles. The van der Waals surface area contributed by atoms with Gasteiger partial charge in [0.15, 0.2) is 0 Å². The van der Waals surface area contributed by atoms with E-state index in [9.17, 15) is 9.59 Å². The van der Waals surface area contributed by atoms with E-state index < -0.39 is 0 Å². The highest BCUT2D eigenvalue weighted by Gasteiger charge is 2.30. The lowest BCUT2D eigenvalue weighted by Gasteiger charge is -2.23. The Morgan fingerprint density at radius 1 is 1.20 bits per heavy atom. The summed E-state index contributed by atoms with van der Waals surface area (Å²) < 4.78 is 10.7. The topological polar surface area (TPSA) is 75.9 Å². The van der Waals surface area contributed by atoms with E-state index in [1.165, 1.54) is 0 Å². The largest absolute Gasteiger partial charge is 0.368 e. The van der Waals surface area contributed by atoms with Crippen LogP contribution in [-0.2, 0) is 16.0 Å². The zero-order valence-electron chi connectivity index (χ0n) is 15.1. The molecule has 0 saturated carbocycles. The minimum absolute atomic E-state index is 0.0608. The molecule has 138 valence electrons. The summed E-state index contributed by atoms with van der Waals surface area (Å²) in [5, 5.41) is 3.99. The van der Waals surface area contributed by atoms with E-state index in [0.29, 0.717) is 38.7 Å². The van der Waals surface area contributed by atoms with E-state index in [4.69, 9.17) is 9.26 Å². The molecule has 7 nitrogen and oxygen atoms in total. The Morgan fingerprint density at radius 2 is 1.96 bits per heavy atom. The van der Waals surface area contributed by atoms with Gasteiger partial charge in [0.05, 0.1) is 5.69 Å². The summed E-state index contributed by atoms with van der Waals surface area (Å²) in [4.78, 5) is 28.7. The molecule has 0 N–H and O–H groups in total. The van der Waals surface area contributed by atoms with Gasteiger partial charge in [-0.3, -0.25) is 9.59 Å². The van der Waals surface area contributed by atoms with Crippen molar-refractivity contribution in [2.45, 2.75) is 45.6 Å². The molecule has 1 aromatic heterocycles. The van der Waals surface area contributed by atoms with Crippen LogP contribution in [0.3, 0.4) is 0 Å². The van der Waals surface area contributed by atoms with Gasteiger partial charge in [-0.05, 0) is 31.6 Å². The van der Waals surface area contributed by atoms with Gasteiger partial charge in [0, 0.05) is 38.9 Å². The monoisotopic (exact) mass is 349 g/mol. The van der Waals surface area contributed by atoms with Crippen molar-refractivity contribution in [2.75, 3.05) is 32.8 Å². The van der Waals surface area contributed by atoms with Crippen LogP contribution < -0.4 is 0 Å². The zero-order chi connectivity index (χ0) is 17.8. The van der Waals surface area contributed by atoms with Crippen molar-refractivity contribution in [3.63, 3.8) is 0 Å². The second-order valence-electron chi connectivity index (χ2n) is 7.25. The number of amides is 2. The van der Waals surface area contributed by atoms with Gasteiger partial charge in [-0.1, -0.05) is 19.0 Å². The third-order valence-corrected chi connectivity index (χ3v) is 4.69. The minimum atomic E-state index is -0.296. The lowest BCUT2D eigenvalue weighted by Crippen LogP contribution is -2.41. The highest BCUT2D eigenvalue weighted by molar-refractivity contribution is 5.91. The molecular formula is C18H27N3O4. The number of carbonyl (C=O) groups is 2. The molecule has 2 fully saturated rings. The molecule has 2 saturated heterocycles. The van der Waals surface area contributed by atoms with Gasteiger partial charge >= 0.3 is 0 Å². The maximum Gasteiger partial charge on any atom is 0.292 e. The molecule has 2 amide bonds. The number of rotatable bonds is 4. The van der Waals surface area contributed by atoms with E-state index >= 15 is 0 Å². The fourth-order valence-corrected chi connectivity index (χ4v) is 3.40. The lowest BCUT2D eigenvalue weighted by atomic mass is 10.1. The Morgan fingerprint density at radius 3 is 2.68 bits per heavy atom. The summed E-state index contributed by atoms with van der Waals surface area (Å²) in [6.07, 6.45) is 3.00. The number of aromatic nitrogens is 1. The van der Waals surface area contributed by atoms with Gasteiger partial charge in [0.25, 0.3) is 11.8 Å². The van der Waals surface area contributed by atoms with E-state index in [0.717, 1.165) is 31.4 Å². The second kappa shape index (κ2) is 7.99. The number of ether oxygens (including phenoxy) is 1. The summed E-state index contributed by atoms with van der Waals surface area (Å²) in [5.41, 5.74) is 0.809. The van der Waals surface area contributed by atoms with E-state index in [2.05, 4.69) is 19.0 Å². The normalized spacial score (nSPS) is 21.6. The van der Waals surface area contributed by atoms with Crippen LogP contribution >= 0.6 is 0 Å². The van der Waals surface area contributed by atoms with Gasteiger partial charge in [-0.15, -0.1) is 0 Å². The predicted molar refractivity (Wildman–Crippen MR) is 91.1 cm³/mol. The van der Waals surface area contributed by atoms with Crippen molar-refractivity contribution < 1.29 is 18.8 Å². The van der Waals surface area contributed by atoms with Crippen molar-refractivity contribution in [2.24, 2.45) is 5.92 Å². The fraction of sp³-hybridized carbons (Fsp3) is 0.722. The second-order valence-corrected chi connectivity index (χ2v) is 7.25. The highest BCUT2D eigenvalue weighted by atomic mass is 16.5. The van der Waals surface area contributed by atoms with Crippen molar-refractivity contribution in [3.05, 3.63) is 17.5 Å². The standard InChI is InChI=1S/C18H27N3O4/c1-13(2)11-14-12-16(25-19-14)18(23)21-7-4-6-20(8-9-21)17(22)15-5-3-10-24-15/h12-13,15H,3-11H2,1-2H3/t15-/m1/s1. The summed E-state index contributed by atoms with van der Waals surface area (Å²) in [6, 6.07) is 1.74. The molecule has 0 spiro atoms. The molecule has 3 rings (SSSR count). The average molecular weight is 349 g/mol. The molecule has 2 aliphatic rings. The molecular weight excluding hydrogens is 322 g/mol. The smallest absolute Gasteiger partial charge is 0.292 e. The molecule has 0 bridgehead atoms. The first kappa shape index (κ1) is 17.9. The average Bonchev–Trinajstić information content (AvgIpc) is 3.20. The summed E-state index contributed by atoms with van der Waals surface area (Å²) >= 11 is 0. The maximum atomic E-state index is 12.6. The number of nitrogens with zero attached hydrogens (tertiary/aromatic N) is 3. The van der Waals surface area contributed by atoms with Crippen molar-refractivity contribution in [1.29, 1.82) is 0 Å². The van der Waals surface area contributed by atoms with Crippen LogP contribution in [0, 0.1) is 5.92 Å². The molecule has 0 unspecified atom stereocenters. The van der Waals surface area contributed by atoms with Crippen LogP contribution in [0.1, 0.15) is 49.4 Å². The van der Waals surface area contributed by atoms with Crippen molar-refractivity contribution in [3.8, 4) is 0 Å². The van der Waals surface area contributed by atoms with Crippen LogP contribution in [0.2, 0.25) is 0 Å². The van der Waals surface area contributed by atoms with E-state index in [1.807, 2.05) is 4.90 Å². The highest BCUT2D eigenvalue weighted by Crippen LogP contribution is 2.17. The summed E-state index contributed by atoms with van der Waals surface area (Å²) in [5.74, 6) is 0.665. The first-order chi connectivity index (χ1) is 12.0. The minimum Gasteiger partial charge on any atom is -0.368 e. The maximum absolute atomic E-state index is 12.6. The van der Waals surface area contributed by atoms with E-state index in [1.54, 1.807) is 11.0 Å². The van der Waals surface area contributed by atoms with Gasteiger partial charge in [0.2, 0.25) is 5.76 Å². The first-order valence-corrected chi connectivity index (χ1v) is 9.20. The van der Waals surface area contributed by atoms with Crippen LogP contribution in [0.5, 0.6) is 0 Å². The number of carbonyl (C=O) groups excluding carboxylic acids is 2. The molecule has 2 aliphatic heterocycles. The first-order valence-electron chi connectivity index (χ1n) is 9.20. The predicted octanol–water partition coefficient (Wildman–Crippen LogP) is 1.73. The molecule has 25 heavy (non-hydrogen) atoms. The van der Waals surface area contributed by atoms with Crippen LogP contribution in [0.25, 0.3) is 0 Å². The van der Waals surface area contributed by atoms with Gasteiger partial charge < -0.3 is 19.1 Å². The lowest BCUT2D eigenvalue weighted by molar-refractivity contribution is -0.140. The molecule has 7 heteroatoms. The molecule has 1 aromatic rings. The Labute approximate surface area is 148 Å². The quantitative estimate of drug-likeness (QED) is 0.827. The summed E-state index contributed by atoms with van der Waals surface area (Å²) in [6.45, 7) is 7.20. The third kappa shape index (κ3) is 4.39. The zero-order valence-corrected chi connectivity index (χ0v) is 15.1. The van der Waals surface area contributed by atoms with Crippen LogP contribution in [0.15, 0.2) is 10.6 Å². The Kier molecular flexibility index (Phi) is 5.73.